The van der Waals surface area contributed by atoms with Gasteiger partial charge in [0.25, 0.3) is 5.00 Å². The van der Waals surface area contributed by atoms with Crippen LogP contribution in [0.4, 0.5) is 4.39 Å². The smallest absolute Gasteiger partial charge is 0.357 e. The SMILES string of the molecule is CCC1CC2CC(CC2CCCOC(=O)C(F)(SO)C(C)C(C)C)C(C2=CCC(C)C=C2)C1. The van der Waals surface area contributed by atoms with Crippen LogP contribution < -0.4 is 0 Å². The van der Waals surface area contributed by atoms with E-state index in [4.69, 9.17) is 4.74 Å². The molecule has 33 heavy (non-hydrogen) atoms. The summed E-state index contributed by atoms with van der Waals surface area (Å²) in [7, 11) is 0. The Labute approximate surface area is 205 Å². The van der Waals surface area contributed by atoms with Crippen molar-refractivity contribution in [1.29, 1.82) is 0 Å². The molecule has 3 rings (SSSR count). The minimum atomic E-state index is -2.39. The lowest BCUT2D eigenvalue weighted by molar-refractivity contribution is -0.155. The van der Waals surface area contributed by atoms with Crippen molar-refractivity contribution in [2.75, 3.05) is 6.61 Å². The summed E-state index contributed by atoms with van der Waals surface area (Å²) in [4.78, 5) is 12.4. The summed E-state index contributed by atoms with van der Waals surface area (Å²) in [6.07, 6.45) is 16.8. The van der Waals surface area contributed by atoms with Crippen LogP contribution in [0, 0.1) is 47.3 Å². The van der Waals surface area contributed by atoms with Crippen molar-refractivity contribution >= 4 is 18.0 Å². The summed E-state index contributed by atoms with van der Waals surface area (Å²) in [5.74, 6) is 2.73. The molecule has 5 heteroatoms. The van der Waals surface area contributed by atoms with Crippen LogP contribution in [0.2, 0.25) is 0 Å². The average molecular weight is 481 g/mol. The summed E-state index contributed by atoms with van der Waals surface area (Å²) < 4.78 is 29.8. The van der Waals surface area contributed by atoms with Crippen molar-refractivity contribution < 1.29 is 18.5 Å². The van der Waals surface area contributed by atoms with Crippen molar-refractivity contribution in [1.82, 2.24) is 0 Å². The second kappa shape index (κ2) is 11.7. The van der Waals surface area contributed by atoms with Crippen LogP contribution in [0.25, 0.3) is 0 Å². The van der Waals surface area contributed by atoms with Gasteiger partial charge in [-0.3, -0.25) is 0 Å². The van der Waals surface area contributed by atoms with Crippen LogP contribution in [-0.2, 0) is 9.53 Å². The first-order chi connectivity index (χ1) is 15.7. The van der Waals surface area contributed by atoms with Crippen LogP contribution in [-0.4, -0.2) is 22.1 Å². The lowest BCUT2D eigenvalue weighted by atomic mass is 9.74. The number of allylic oxidation sites excluding steroid dienone is 4. The number of carbonyl (C=O) groups is 1. The molecule has 1 N–H and O–H groups in total. The largest absolute Gasteiger partial charge is 0.463 e. The van der Waals surface area contributed by atoms with Crippen LogP contribution in [0.1, 0.15) is 86.0 Å². The third-order valence-electron chi connectivity index (χ3n) is 8.97. The summed E-state index contributed by atoms with van der Waals surface area (Å²) in [5.41, 5.74) is 1.58. The second-order valence-corrected chi connectivity index (χ2v) is 12.2. The van der Waals surface area contributed by atoms with Crippen molar-refractivity contribution in [3.8, 4) is 0 Å². The molecule has 8 atom stereocenters. The number of fused-ring (bicyclic) bond motifs is 2. The van der Waals surface area contributed by atoms with Gasteiger partial charge in [-0.2, -0.15) is 0 Å². The maximum atomic E-state index is 15.1. The lowest BCUT2D eigenvalue weighted by Gasteiger charge is -2.31. The molecule has 0 heterocycles. The predicted octanol–water partition coefficient (Wildman–Crippen LogP) is 8.07. The molecule has 3 aliphatic carbocycles. The Hall–Kier alpha value is -0.810. The fourth-order valence-corrected chi connectivity index (χ4v) is 6.98. The van der Waals surface area contributed by atoms with Crippen LogP contribution >= 0.6 is 12.0 Å². The molecular weight excluding hydrogens is 435 g/mol. The fourth-order valence-electron chi connectivity index (χ4n) is 6.41. The van der Waals surface area contributed by atoms with Gasteiger partial charge in [0.15, 0.2) is 0 Å². The molecule has 0 amide bonds. The standard InChI is InChI=1S/C28H45FO3S/c1-6-21-14-24-17-25(26(15-21)22-11-9-19(4)10-12-22)16-23(24)8-7-13-32-27(30)28(29,33-31)20(5)18(2)3/h9,11-12,18-21,23-26,31H,6-8,10,13-17H2,1-5H3. The number of hydrogen-bond donors (Lipinski definition) is 1. The Morgan fingerprint density at radius 2 is 2.00 bits per heavy atom. The predicted molar refractivity (Wildman–Crippen MR) is 135 cm³/mol. The molecule has 8 unspecified atom stereocenters. The molecule has 2 saturated carbocycles. The number of carbonyl (C=O) groups excluding carboxylic acids is 1. The number of esters is 1. The topological polar surface area (TPSA) is 46.5 Å². The van der Waals surface area contributed by atoms with Gasteiger partial charge in [-0.25, -0.2) is 9.18 Å². The van der Waals surface area contributed by atoms with E-state index >= 15 is 4.39 Å². The van der Waals surface area contributed by atoms with E-state index in [0.29, 0.717) is 17.8 Å². The summed E-state index contributed by atoms with van der Waals surface area (Å²) in [5, 5.41) is -2.39. The van der Waals surface area contributed by atoms with Crippen molar-refractivity contribution in [3.63, 3.8) is 0 Å². The number of rotatable bonds is 10. The summed E-state index contributed by atoms with van der Waals surface area (Å²) in [6, 6.07) is 0. The van der Waals surface area contributed by atoms with E-state index in [2.05, 4.69) is 32.1 Å². The van der Waals surface area contributed by atoms with Crippen LogP contribution in [0.5, 0.6) is 0 Å². The van der Waals surface area contributed by atoms with Gasteiger partial charge in [-0.15, -0.1) is 0 Å². The molecule has 3 nitrogen and oxygen atoms in total. The monoisotopic (exact) mass is 480 g/mol. The highest BCUT2D eigenvalue weighted by atomic mass is 32.2. The first kappa shape index (κ1) is 26.8. The van der Waals surface area contributed by atoms with Gasteiger partial charge in [0.2, 0.25) is 0 Å². The van der Waals surface area contributed by atoms with E-state index in [1.54, 1.807) is 12.5 Å². The van der Waals surface area contributed by atoms with E-state index < -0.39 is 16.9 Å². The van der Waals surface area contributed by atoms with Crippen LogP contribution in [0.15, 0.2) is 23.8 Å². The highest BCUT2D eigenvalue weighted by Gasteiger charge is 2.48. The zero-order valence-electron chi connectivity index (χ0n) is 21.3. The first-order valence-corrected chi connectivity index (χ1v) is 14.0. The molecule has 0 aromatic rings. The van der Waals surface area contributed by atoms with E-state index in [-0.39, 0.29) is 24.6 Å². The molecule has 0 radical (unpaired) electrons. The summed E-state index contributed by atoms with van der Waals surface area (Å²) in [6.45, 7) is 10.2. The molecule has 0 aromatic heterocycles. The Morgan fingerprint density at radius 3 is 2.61 bits per heavy atom. The minimum Gasteiger partial charge on any atom is -0.463 e. The van der Waals surface area contributed by atoms with Crippen molar-refractivity contribution in [2.45, 2.75) is 91.0 Å². The van der Waals surface area contributed by atoms with Gasteiger partial charge in [0, 0.05) is 18.0 Å². The highest BCUT2D eigenvalue weighted by Crippen LogP contribution is 2.53. The van der Waals surface area contributed by atoms with Crippen LogP contribution in [0.3, 0.4) is 0 Å². The maximum absolute atomic E-state index is 15.1. The summed E-state index contributed by atoms with van der Waals surface area (Å²) >= 11 is -0.0205. The quantitative estimate of drug-likeness (QED) is 0.195. The van der Waals surface area contributed by atoms with Gasteiger partial charge < -0.3 is 9.29 Å². The third-order valence-corrected chi connectivity index (χ3v) is 9.77. The molecule has 3 aliphatic rings. The molecule has 188 valence electrons. The number of hydrogen-bond acceptors (Lipinski definition) is 4. The zero-order valence-corrected chi connectivity index (χ0v) is 22.1. The van der Waals surface area contributed by atoms with Gasteiger partial charge in [0.05, 0.1) is 6.61 Å². The van der Waals surface area contributed by atoms with Gasteiger partial charge >= 0.3 is 5.97 Å². The molecule has 0 aliphatic heterocycles. The molecular formula is C28H45FO3S. The van der Waals surface area contributed by atoms with E-state index in [1.165, 1.54) is 38.5 Å². The van der Waals surface area contributed by atoms with E-state index in [9.17, 15) is 9.35 Å². The zero-order chi connectivity index (χ0) is 24.2. The Kier molecular flexibility index (Phi) is 9.54. The normalized spacial score (nSPS) is 34.5. The third kappa shape index (κ3) is 6.25. The number of ether oxygens (including phenoxy) is 1. The first-order valence-electron chi connectivity index (χ1n) is 13.3. The van der Waals surface area contributed by atoms with Gasteiger partial charge in [-0.1, -0.05) is 59.3 Å². The fraction of sp³-hybridized carbons (Fsp3) is 0.821. The molecule has 0 saturated heterocycles. The molecule has 2 bridgehead atoms. The van der Waals surface area contributed by atoms with E-state index in [1.807, 2.05) is 13.8 Å². The van der Waals surface area contributed by atoms with Gasteiger partial charge in [0.1, 0.15) is 0 Å². The molecule has 2 fully saturated rings. The Bertz CT molecular complexity index is 720. The number of halogens is 1. The molecule has 0 aromatic carbocycles. The van der Waals surface area contributed by atoms with Crippen molar-refractivity contribution in [2.24, 2.45) is 47.3 Å². The maximum Gasteiger partial charge on any atom is 0.357 e. The lowest BCUT2D eigenvalue weighted by Crippen LogP contribution is -2.41. The Morgan fingerprint density at radius 1 is 1.24 bits per heavy atom. The number of alkyl halides is 1. The Balaban J connectivity index is 1.54. The van der Waals surface area contributed by atoms with E-state index in [0.717, 1.165) is 30.6 Å². The minimum absolute atomic E-state index is 0.0205. The van der Waals surface area contributed by atoms with Crippen molar-refractivity contribution in [3.05, 3.63) is 23.8 Å². The van der Waals surface area contributed by atoms with Gasteiger partial charge in [-0.05, 0) is 91.9 Å². The molecule has 0 spiro atoms. The highest BCUT2D eigenvalue weighted by molar-refractivity contribution is 7.95. The second-order valence-electron chi connectivity index (χ2n) is 11.4. The average Bonchev–Trinajstić information content (AvgIpc) is 3.10.